The van der Waals surface area contributed by atoms with Crippen LogP contribution in [0.15, 0.2) is 30.5 Å². The monoisotopic (exact) mass is 536 g/mol. The summed E-state index contributed by atoms with van der Waals surface area (Å²) in [6, 6.07) is 6.83. The van der Waals surface area contributed by atoms with Crippen molar-refractivity contribution >= 4 is 28.7 Å². The highest BCUT2D eigenvalue weighted by atomic mass is 19.1. The molecule has 2 N–H and O–H groups in total. The van der Waals surface area contributed by atoms with E-state index in [2.05, 4.69) is 25.6 Å². The van der Waals surface area contributed by atoms with Crippen molar-refractivity contribution in [3.8, 4) is 11.6 Å². The molecule has 204 valence electrons. The number of methoxy groups -OCH3 is 1. The van der Waals surface area contributed by atoms with Gasteiger partial charge in [-0.25, -0.2) is 14.4 Å². The molecule has 39 heavy (non-hydrogen) atoms. The van der Waals surface area contributed by atoms with Crippen molar-refractivity contribution in [3.05, 3.63) is 47.5 Å². The van der Waals surface area contributed by atoms with Crippen LogP contribution in [-0.4, -0.2) is 58.3 Å². The molecule has 1 atom stereocenters. The van der Waals surface area contributed by atoms with E-state index in [4.69, 9.17) is 14.2 Å². The number of rotatable bonds is 8. The lowest BCUT2D eigenvalue weighted by Crippen LogP contribution is -2.62. The first-order chi connectivity index (χ1) is 18.8. The number of aliphatic carboxylic acids is 1. The van der Waals surface area contributed by atoms with Crippen molar-refractivity contribution in [3.63, 3.8) is 0 Å². The highest BCUT2D eigenvalue weighted by Crippen LogP contribution is 2.48. The van der Waals surface area contributed by atoms with E-state index in [0.29, 0.717) is 43.1 Å². The Bertz CT molecular complexity index is 1440. The second-order valence-electron chi connectivity index (χ2n) is 10.4. The van der Waals surface area contributed by atoms with Gasteiger partial charge >= 0.3 is 0 Å². The zero-order valence-corrected chi connectivity index (χ0v) is 21.3. The third kappa shape index (κ3) is 4.74. The Morgan fingerprint density at radius 1 is 1.23 bits per heavy atom. The van der Waals surface area contributed by atoms with Crippen LogP contribution in [0.5, 0.6) is 11.6 Å². The standard InChI is InChI=1S/C27H28FN5O6/c1-37-21-5-3-18-23(33-21)22(17(28)12-29-18)16(25(35)36)10-27-8-6-26(7-9-27,14-39-27)30-11-15-2-4-19-24(31-15)32-20(34)13-38-19/h2-5,12,16,30H,6-11,13-14H2,1H3,(H,35,36)(H,31,32,34)/p-1. The number of hydrogen-bond acceptors (Lipinski definition) is 10. The van der Waals surface area contributed by atoms with E-state index in [1.807, 2.05) is 6.07 Å². The Morgan fingerprint density at radius 3 is 2.77 bits per heavy atom. The molecule has 3 aliphatic heterocycles. The summed E-state index contributed by atoms with van der Waals surface area (Å²) < 4.78 is 31.9. The van der Waals surface area contributed by atoms with Gasteiger partial charge in [0, 0.05) is 35.6 Å². The molecule has 7 rings (SSSR count). The summed E-state index contributed by atoms with van der Waals surface area (Å²) in [5.74, 6) is -2.48. The quantitative estimate of drug-likeness (QED) is 0.435. The minimum atomic E-state index is -1.39. The number of carboxylic acids is 1. The number of nitrogens with one attached hydrogen (secondary N) is 2. The molecule has 2 bridgehead atoms. The fourth-order valence-electron chi connectivity index (χ4n) is 5.80. The molecule has 2 saturated heterocycles. The van der Waals surface area contributed by atoms with Gasteiger partial charge in [0.15, 0.2) is 18.2 Å². The topological polar surface area (TPSA) is 148 Å². The fourth-order valence-corrected chi connectivity index (χ4v) is 5.80. The molecule has 1 aliphatic carbocycles. The van der Waals surface area contributed by atoms with Crippen LogP contribution in [0.2, 0.25) is 0 Å². The fraction of sp³-hybridized carbons (Fsp3) is 0.444. The second-order valence-corrected chi connectivity index (χ2v) is 10.4. The van der Waals surface area contributed by atoms with Gasteiger partial charge in [0.25, 0.3) is 5.91 Å². The minimum absolute atomic E-state index is 0.0258. The average molecular weight is 537 g/mol. The third-order valence-electron chi connectivity index (χ3n) is 8.05. The molecule has 6 heterocycles. The molecule has 0 aromatic carbocycles. The molecule has 1 saturated carbocycles. The summed E-state index contributed by atoms with van der Waals surface area (Å²) in [7, 11) is 1.43. The predicted octanol–water partition coefficient (Wildman–Crippen LogP) is 1.60. The van der Waals surface area contributed by atoms with Crippen molar-refractivity contribution in [2.45, 2.75) is 55.7 Å². The maximum atomic E-state index is 15.1. The number of hydrogen-bond donors (Lipinski definition) is 2. The summed E-state index contributed by atoms with van der Waals surface area (Å²) in [6.45, 7) is 0.814. The van der Waals surface area contributed by atoms with Gasteiger partial charge in [-0.2, -0.15) is 0 Å². The van der Waals surface area contributed by atoms with Crippen LogP contribution in [0.3, 0.4) is 0 Å². The van der Waals surface area contributed by atoms with Crippen molar-refractivity contribution in [2.24, 2.45) is 0 Å². The number of carbonyl (C=O) groups is 2. The van der Waals surface area contributed by atoms with Gasteiger partial charge in [0.05, 0.1) is 42.2 Å². The Morgan fingerprint density at radius 2 is 2.05 bits per heavy atom. The summed E-state index contributed by atoms with van der Waals surface area (Å²) in [5, 5.41) is 18.7. The first kappa shape index (κ1) is 25.4. The minimum Gasteiger partial charge on any atom is -0.549 e. The Balaban J connectivity index is 1.17. The Labute approximate surface area is 223 Å². The van der Waals surface area contributed by atoms with Gasteiger partial charge in [-0.1, -0.05) is 0 Å². The summed E-state index contributed by atoms with van der Waals surface area (Å²) in [4.78, 5) is 36.8. The highest BCUT2D eigenvalue weighted by molar-refractivity contribution is 5.94. The van der Waals surface area contributed by atoms with Gasteiger partial charge in [0.2, 0.25) is 5.88 Å². The Hall–Kier alpha value is -3.90. The summed E-state index contributed by atoms with van der Waals surface area (Å²) in [6.07, 6.45) is 3.79. The van der Waals surface area contributed by atoms with Crippen LogP contribution >= 0.6 is 0 Å². The first-order valence-corrected chi connectivity index (χ1v) is 12.8. The molecule has 1 unspecified atom stereocenters. The SMILES string of the molecule is COc1ccc2ncc(F)c(C(CC34CCC(NCc5ccc6c(n5)NC(=O)CO6)(CC3)CO4)C(=O)[O-])c2n1. The zero-order valence-electron chi connectivity index (χ0n) is 21.3. The van der Waals surface area contributed by atoms with Crippen LogP contribution in [0.1, 0.15) is 49.3 Å². The zero-order chi connectivity index (χ0) is 27.2. The van der Waals surface area contributed by atoms with Gasteiger partial charge in [0.1, 0.15) is 5.82 Å². The van der Waals surface area contributed by atoms with E-state index in [-0.39, 0.29) is 41.4 Å². The number of anilines is 1. The van der Waals surface area contributed by atoms with Gasteiger partial charge in [-0.15, -0.1) is 0 Å². The van der Waals surface area contributed by atoms with E-state index >= 15 is 4.39 Å². The maximum Gasteiger partial charge on any atom is 0.263 e. The van der Waals surface area contributed by atoms with Crippen molar-refractivity contribution in [2.75, 3.05) is 25.6 Å². The van der Waals surface area contributed by atoms with Crippen LogP contribution in [-0.2, 0) is 20.9 Å². The molecular formula is C27H27FN5O6-. The summed E-state index contributed by atoms with van der Waals surface area (Å²) in [5.41, 5.74) is 0.180. The van der Waals surface area contributed by atoms with Crippen LogP contribution in [0.4, 0.5) is 10.2 Å². The van der Waals surface area contributed by atoms with Crippen LogP contribution in [0, 0.1) is 5.82 Å². The number of aromatic nitrogens is 3. The molecule has 12 heteroatoms. The molecular weight excluding hydrogens is 509 g/mol. The number of nitrogens with zero attached hydrogens (tertiary/aromatic N) is 3. The number of ether oxygens (including phenoxy) is 3. The van der Waals surface area contributed by atoms with Gasteiger partial charge in [-0.3, -0.25) is 9.78 Å². The van der Waals surface area contributed by atoms with Crippen LogP contribution < -0.4 is 25.2 Å². The molecule has 3 aromatic heterocycles. The predicted molar refractivity (Wildman–Crippen MR) is 133 cm³/mol. The number of carbonyl (C=O) groups excluding carboxylic acids is 2. The van der Waals surface area contributed by atoms with Crippen molar-refractivity contribution in [1.82, 2.24) is 20.3 Å². The number of amides is 1. The third-order valence-corrected chi connectivity index (χ3v) is 8.05. The van der Waals surface area contributed by atoms with Gasteiger partial charge < -0.3 is 34.7 Å². The Kier molecular flexibility index (Phi) is 6.31. The molecule has 3 fully saturated rings. The number of halogens is 1. The number of pyridine rings is 3. The molecule has 4 aliphatic rings. The van der Waals surface area contributed by atoms with Crippen molar-refractivity contribution < 1.29 is 33.3 Å². The van der Waals surface area contributed by atoms with E-state index in [0.717, 1.165) is 24.7 Å². The average Bonchev–Trinajstić information content (AvgIpc) is 2.95. The second kappa shape index (κ2) is 9.69. The van der Waals surface area contributed by atoms with Crippen LogP contribution in [0.25, 0.3) is 11.0 Å². The van der Waals surface area contributed by atoms with E-state index in [1.54, 1.807) is 18.2 Å². The molecule has 11 nitrogen and oxygen atoms in total. The highest BCUT2D eigenvalue weighted by Gasteiger charge is 2.50. The van der Waals surface area contributed by atoms with Crippen molar-refractivity contribution in [1.29, 1.82) is 0 Å². The lowest BCUT2D eigenvalue weighted by atomic mass is 9.67. The maximum absolute atomic E-state index is 15.1. The smallest absolute Gasteiger partial charge is 0.263 e. The van der Waals surface area contributed by atoms with E-state index in [1.165, 1.54) is 7.11 Å². The number of fused-ring (bicyclic) bond motifs is 5. The van der Waals surface area contributed by atoms with Gasteiger partial charge in [-0.05, 0) is 50.3 Å². The molecule has 0 radical (unpaired) electrons. The molecule has 0 spiro atoms. The summed E-state index contributed by atoms with van der Waals surface area (Å²) >= 11 is 0. The lowest BCUT2D eigenvalue weighted by Gasteiger charge is -2.54. The number of carboxylic acid groups (broad SMARTS) is 1. The molecule has 1 amide bonds. The largest absolute Gasteiger partial charge is 0.549 e. The first-order valence-electron chi connectivity index (χ1n) is 12.8. The molecule has 3 aromatic rings. The van der Waals surface area contributed by atoms with E-state index < -0.39 is 23.3 Å². The lowest BCUT2D eigenvalue weighted by molar-refractivity contribution is -0.310. The van der Waals surface area contributed by atoms with E-state index in [9.17, 15) is 14.7 Å². The normalized spacial score (nSPS) is 24.5.